The Kier molecular flexibility index (Phi) is 12.1. The predicted molar refractivity (Wildman–Crippen MR) is 155 cm³/mol. The number of aliphatic hydroxyl groups excluding tert-OH is 2. The molecule has 4 N–H and O–H groups in total. The van der Waals surface area contributed by atoms with Gasteiger partial charge in [-0.1, -0.05) is 27.7 Å². The first-order valence-corrected chi connectivity index (χ1v) is 15.2. The fraction of sp³-hybridized carbons (Fsp3) is 0.968. The van der Waals surface area contributed by atoms with Crippen LogP contribution in [-0.2, 0) is 19.0 Å². The van der Waals surface area contributed by atoms with E-state index in [2.05, 4.69) is 6.92 Å². The van der Waals surface area contributed by atoms with Gasteiger partial charge in [0.1, 0.15) is 17.8 Å². The zero-order valence-corrected chi connectivity index (χ0v) is 26.9. The van der Waals surface area contributed by atoms with Gasteiger partial charge in [-0.05, 0) is 85.1 Å². The van der Waals surface area contributed by atoms with E-state index in [0.717, 1.165) is 0 Å². The zero-order chi connectivity index (χ0) is 30.8. The van der Waals surface area contributed by atoms with Crippen molar-refractivity contribution < 1.29 is 39.4 Å². The Morgan fingerprint density at radius 2 is 1.57 bits per heavy atom. The van der Waals surface area contributed by atoms with Crippen molar-refractivity contribution in [3.05, 3.63) is 0 Å². The molecule has 13 atom stereocenters. The highest BCUT2D eigenvalue weighted by molar-refractivity contribution is 5.73. The summed E-state index contributed by atoms with van der Waals surface area (Å²) in [4.78, 5) is 15.6. The van der Waals surface area contributed by atoms with Gasteiger partial charge in [-0.15, -0.1) is 0 Å². The molecule has 9 heteroatoms. The monoisotopic (exact) mass is 573 g/mol. The summed E-state index contributed by atoms with van der Waals surface area (Å²) in [5, 5.41) is 44.9. The Morgan fingerprint density at radius 1 is 0.975 bits per heavy atom. The Morgan fingerprint density at radius 3 is 2.12 bits per heavy atom. The molecule has 0 aromatic carbocycles. The topological polar surface area (TPSA) is 129 Å². The summed E-state index contributed by atoms with van der Waals surface area (Å²) in [7, 11) is 3.48. The Labute approximate surface area is 242 Å². The lowest BCUT2D eigenvalue weighted by molar-refractivity contribution is -0.203. The lowest BCUT2D eigenvalue weighted by Crippen LogP contribution is -2.59. The van der Waals surface area contributed by atoms with Crippen LogP contribution in [0.5, 0.6) is 0 Å². The van der Waals surface area contributed by atoms with Crippen LogP contribution >= 0.6 is 0 Å². The molecule has 1 aliphatic heterocycles. The number of methoxy groups -OCH3 is 1. The van der Waals surface area contributed by atoms with Crippen LogP contribution in [0.3, 0.4) is 0 Å². The van der Waals surface area contributed by atoms with Crippen LogP contribution in [0.1, 0.15) is 94.4 Å². The summed E-state index contributed by atoms with van der Waals surface area (Å²) < 4.78 is 18.3. The van der Waals surface area contributed by atoms with Crippen LogP contribution in [0, 0.1) is 23.7 Å². The molecule has 0 radical (unpaired) electrons. The SMILES string of the molecule is CC[C@H]1OC(=O)C(C)[C@@H](O[C@@H]2CC(C)[C@H](O)[C@](C)(OC)C2)[C@H](C)C[C@](C)(O)C[C@@H](C)CN(C)C(C)C(O)[C@]1(C)O. The number of likely N-dealkylation sites (N-methyl/N-ethyl adjacent to an activating group) is 1. The van der Waals surface area contributed by atoms with E-state index in [1.165, 1.54) is 6.92 Å². The van der Waals surface area contributed by atoms with Crippen molar-refractivity contribution in [3.8, 4) is 0 Å². The molecule has 2 fully saturated rings. The Hall–Kier alpha value is -0.810. The van der Waals surface area contributed by atoms with E-state index >= 15 is 0 Å². The van der Waals surface area contributed by atoms with Gasteiger partial charge in [-0.25, -0.2) is 0 Å². The summed E-state index contributed by atoms with van der Waals surface area (Å²) in [6.45, 7) is 17.3. The molecule has 0 amide bonds. The Bertz CT molecular complexity index is 821. The molecular weight excluding hydrogens is 514 g/mol. The number of aliphatic hydroxyl groups is 4. The smallest absolute Gasteiger partial charge is 0.311 e. The van der Waals surface area contributed by atoms with Gasteiger partial charge in [0.25, 0.3) is 0 Å². The summed E-state index contributed by atoms with van der Waals surface area (Å²) in [5.41, 5.74) is -3.47. The first-order valence-electron chi connectivity index (χ1n) is 15.2. The molecule has 0 aromatic heterocycles. The molecule has 1 saturated carbocycles. The first kappa shape index (κ1) is 35.4. The number of nitrogens with zero attached hydrogens (tertiary/aromatic N) is 1. The van der Waals surface area contributed by atoms with E-state index in [-0.39, 0.29) is 23.9 Å². The number of hydrogen-bond donors (Lipinski definition) is 4. The van der Waals surface area contributed by atoms with Gasteiger partial charge in [0, 0.05) is 26.1 Å². The number of carbonyl (C=O) groups excluding carboxylic acids is 1. The molecule has 4 unspecified atom stereocenters. The minimum atomic E-state index is -1.68. The second-order valence-electron chi connectivity index (χ2n) is 14.1. The summed E-state index contributed by atoms with van der Waals surface area (Å²) >= 11 is 0. The molecule has 0 bridgehead atoms. The van der Waals surface area contributed by atoms with Crippen molar-refractivity contribution in [2.45, 2.75) is 148 Å². The summed E-state index contributed by atoms with van der Waals surface area (Å²) in [5.74, 6) is -1.37. The highest BCUT2D eigenvalue weighted by Gasteiger charge is 2.48. The number of carbonyl (C=O) groups is 1. The third-order valence-corrected chi connectivity index (χ3v) is 9.86. The van der Waals surface area contributed by atoms with Crippen LogP contribution < -0.4 is 0 Å². The molecule has 0 spiro atoms. The maximum Gasteiger partial charge on any atom is 0.311 e. The molecule has 0 aromatic rings. The standard InChI is InChI=1S/C31H59NO8/c1-12-24-31(9,37)27(34)22(6)32(10)17-18(2)14-29(7,36)15-20(4)25(21(5)28(35)40-24)39-23-13-19(3)26(33)30(8,16-23)38-11/h18-27,33-34,36-37H,12-17H2,1-11H3/t18-,19?,20-,21?,22?,23-,24-,25+,26+,27?,29-,30-,31-/m1/s1. The third-order valence-electron chi connectivity index (χ3n) is 9.86. The largest absolute Gasteiger partial charge is 0.459 e. The highest BCUT2D eigenvalue weighted by atomic mass is 16.6. The van der Waals surface area contributed by atoms with Crippen LogP contribution in [0.25, 0.3) is 0 Å². The van der Waals surface area contributed by atoms with Gasteiger partial charge in [-0.3, -0.25) is 4.79 Å². The molecular formula is C31H59NO8. The second kappa shape index (κ2) is 13.7. The van der Waals surface area contributed by atoms with Crippen molar-refractivity contribution in [1.82, 2.24) is 4.90 Å². The van der Waals surface area contributed by atoms with Crippen LogP contribution in [-0.4, -0.2) is 105 Å². The van der Waals surface area contributed by atoms with Gasteiger partial charge in [0.2, 0.25) is 0 Å². The lowest BCUT2D eigenvalue weighted by Gasteiger charge is -2.46. The van der Waals surface area contributed by atoms with Crippen molar-refractivity contribution in [2.75, 3.05) is 20.7 Å². The number of hydrogen-bond acceptors (Lipinski definition) is 9. The van der Waals surface area contributed by atoms with Gasteiger partial charge in [0.15, 0.2) is 0 Å². The van der Waals surface area contributed by atoms with Crippen molar-refractivity contribution in [2.24, 2.45) is 23.7 Å². The predicted octanol–water partition coefficient (Wildman–Crippen LogP) is 3.14. The van der Waals surface area contributed by atoms with Crippen molar-refractivity contribution in [1.29, 1.82) is 0 Å². The van der Waals surface area contributed by atoms with Gasteiger partial charge >= 0.3 is 5.97 Å². The number of ether oxygens (including phenoxy) is 3. The average molecular weight is 574 g/mol. The number of esters is 1. The quantitative estimate of drug-likeness (QED) is 0.375. The molecule has 1 saturated heterocycles. The van der Waals surface area contributed by atoms with Crippen LogP contribution in [0.15, 0.2) is 0 Å². The van der Waals surface area contributed by atoms with Crippen LogP contribution in [0.4, 0.5) is 0 Å². The van der Waals surface area contributed by atoms with Gasteiger partial charge in [-0.2, -0.15) is 0 Å². The van der Waals surface area contributed by atoms with Crippen molar-refractivity contribution in [3.63, 3.8) is 0 Å². The minimum Gasteiger partial charge on any atom is -0.459 e. The maximum atomic E-state index is 13.6. The fourth-order valence-corrected chi connectivity index (χ4v) is 7.36. The fourth-order valence-electron chi connectivity index (χ4n) is 7.36. The van der Waals surface area contributed by atoms with E-state index in [4.69, 9.17) is 14.2 Å². The third kappa shape index (κ3) is 8.17. The maximum absolute atomic E-state index is 13.6. The van der Waals surface area contributed by atoms with E-state index in [9.17, 15) is 25.2 Å². The highest BCUT2D eigenvalue weighted by Crippen LogP contribution is 2.39. The van der Waals surface area contributed by atoms with Crippen molar-refractivity contribution >= 4 is 5.97 Å². The number of rotatable bonds is 4. The van der Waals surface area contributed by atoms with E-state index in [1.54, 1.807) is 14.0 Å². The lowest BCUT2D eigenvalue weighted by atomic mass is 9.75. The first-order chi connectivity index (χ1) is 18.3. The van der Waals surface area contributed by atoms with E-state index < -0.39 is 59.1 Å². The number of cyclic esters (lactones) is 1. The minimum absolute atomic E-state index is 0.0625. The molecule has 1 aliphatic carbocycles. The second-order valence-corrected chi connectivity index (χ2v) is 14.1. The molecule has 236 valence electrons. The summed E-state index contributed by atoms with van der Waals surface area (Å²) in [6, 6.07) is -0.411. The van der Waals surface area contributed by atoms with E-state index in [1.807, 2.05) is 53.5 Å². The molecule has 9 nitrogen and oxygen atoms in total. The zero-order valence-electron chi connectivity index (χ0n) is 26.9. The van der Waals surface area contributed by atoms with Crippen LogP contribution in [0.2, 0.25) is 0 Å². The summed E-state index contributed by atoms with van der Waals surface area (Å²) in [6.07, 6.45) is -1.21. The van der Waals surface area contributed by atoms with Gasteiger partial charge < -0.3 is 39.5 Å². The molecule has 1 heterocycles. The van der Waals surface area contributed by atoms with Gasteiger partial charge in [0.05, 0.1) is 35.4 Å². The van der Waals surface area contributed by atoms with E-state index in [0.29, 0.717) is 38.6 Å². The molecule has 2 rings (SSSR count). The average Bonchev–Trinajstić information content (AvgIpc) is 2.85. The Balaban J connectivity index is 2.47. The molecule has 2 aliphatic rings. The molecule has 40 heavy (non-hydrogen) atoms. The normalized spacial score (nSPS) is 49.1.